The Labute approximate surface area is 108 Å². The summed E-state index contributed by atoms with van der Waals surface area (Å²) in [6, 6.07) is 5.52. The SMILES string of the molecule is Cc1ccccc1NC(=O)C(C)NC(=O)C(F)(F)F. The maximum atomic E-state index is 12.0. The van der Waals surface area contributed by atoms with Gasteiger partial charge in [0.05, 0.1) is 0 Å². The van der Waals surface area contributed by atoms with E-state index >= 15 is 0 Å². The van der Waals surface area contributed by atoms with Gasteiger partial charge in [0.2, 0.25) is 5.91 Å². The molecule has 19 heavy (non-hydrogen) atoms. The van der Waals surface area contributed by atoms with Gasteiger partial charge in [0.15, 0.2) is 0 Å². The lowest BCUT2D eigenvalue weighted by Gasteiger charge is -2.16. The maximum Gasteiger partial charge on any atom is 0.471 e. The Morgan fingerprint density at radius 3 is 2.32 bits per heavy atom. The Kier molecular flexibility index (Phi) is 4.52. The molecule has 0 saturated carbocycles. The highest BCUT2D eigenvalue weighted by atomic mass is 19.4. The molecule has 0 aliphatic rings. The molecule has 0 aromatic heterocycles. The molecule has 0 heterocycles. The zero-order chi connectivity index (χ0) is 14.6. The number of aryl methyl sites for hydroxylation is 1. The molecule has 0 aliphatic heterocycles. The second kappa shape index (κ2) is 5.73. The van der Waals surface area contributed by atoms with Crippen LogP contribution in [0, 0.1) is 6.92 Å². The van der Waals surface area contributed by atoms with Crippen molar-refractivity contribution in [3.8, 4) is 0 Å². The third kappa shape index (κ3) is 4.27. The summed E-state index contributed by atoms with van der Waals surface area (Å²) in [6.07, 6.45) is -5.00. The van der Waals surface area contributed by atoms with Gasteiger partial charge in [0.1, 0.15) is 6.04 Å². The van der Waals surface area contributed by atoms with Crippen LogP contribution in [0.15, 0.2) is 24.3 Å². The van der Waals surface area contributed by atoms with Crippen LogP contribution in [0.5, 0.6) is 0 Å². The molecule has 1 atom stereocenters. The molecule has 7 heteroatoms. The van der Waals surface area contributed by atoms with Crippen LogP contribution in [-0.2, 0) is 9.59 Å². The predicted molar refractivity (Wildman–Crippen MR) is 63.5 cm³/mol. The molecule has 104 valence electrons. The van der Waals surface area contributed by atoms with E-state index in [1.165, 1.54) is 6.92 Å². The van der Waals surface area contributed by atoms with Crippen LogP contribution in [0.25, 0.3) is 0 Å². The summed E-state index contributed by atoms with van der Waals surface area (Å²) < 4.78 is 36.1. The summed E-state index contributed by atoms with van der Waals surface area (Å²) in [5, 5.41) is 4.03. The molecule has 0 spiro atoms. The van der Waals surface area contributed by atoms with Crippen molar-refractivity contribution in [3.63, 3.8) is 0 Å². The molecule has 1 unspecified atom stereocenters. The topological polar surface area (TPSA) is 58.2 Å². The number of para-hydroxylation sites is 1. The van der Waals surface area contributed by atoms with Gasteiger partial charge in [-0.15, -0.1) is 0 Å². The molecule has 4 nitrogen and oxygen atoms in total. The number of rotatable bonds is 3. The fourth-order valence-corrected chi connectivity index (χ4v) is 1.30. The summed E-state index contributed by atoms with van der Waals surface area (Å²) in [5.41, 5.74) is 1.26. The average molecular weight is 274 g/mol. The number of amides is 2. The highest BCUT2D eigenvalue weighted by molar-refractivity contribution is 5.98. The number of nitrogens with one attached hydrogen (secondary N) is 2. The Morgan fingerprint density at radius 2 is 1.79 bits per heavy atom. The first-order valence-electron chi connectivity index (χ1n) is 5.46. The summed E-state index contributed by atoms with van der Waals surface area (Å²) in [5.74, 6) is -2.85. The lowest BCUT2D eigenvalue weighted by Crippen LogP contribution is -2.47. The third-order valence-corrected chi connectivity index (χ3v) is 2.40. The van der Waals surface area contributed by atoms with Crippen molar-refractivity contribution < 1.29 is 22.8 Å². The molecule has 2 N–H and O–H groups in total. The van der Waals surface area contributed by atoms with E-state index < -0.39 is 24.0 Å². The molecule has 0 fully saturated rings. The summed E-state index contributed by atoms with van der Waals surface area (Å²) >= 11 is 0. The number of carbonyl (C=O) groups excluding carboxylic acids is 2. The number of anilines is 1. The average Bonchev–Trinajstić information content (AvgIpc) is 2.30. The van der Waals surface area contributed by atoms with Crippen LogP contribution in [0.4, 0.5) is 18.9 Å². The highest BCUT2D eigenvalue weighted by Gasteiger charge is 2.40. The third-order valence-electron chi connectivity index (χ3n) is 2.40. The van der Waals surface area contributed by atoms with Crippen molar-refractivity contribution in [2.45, 2.75) is 26.1 Å². The van der Waals surface area contributed by atoms with Crippen molar-refractivity contribution in [2.75, 3.05) is 5.32 Å². The van der Waals surface area contributed by atoms with Gasteiger partial charge in [0.25, 0.3) is 0 Å². The van der Waals surface area contributed by atoms with Gasteiger partial charge < -0.3 is 10.6 Å². The van der Waals surface area contributed by atoms with E-state index in [1.807, 2.05) is 0 Å². The van der Waals surface area contributed by atoms with Gasteiger partial charge in [-0.1, -0.05) is 18.2 Å². The standard InChI is InChI=1S/C12H13F3N2O2/c1-7-5-3-4-6-9(7)17-10(18)8(2)16-11(19)12(13,14)15/h3-6,8H,1-2H3,(H,16,19)(H,17,18). The Bertz CT molecular complexity index is 486. The first-order chi connectivity index (χ1) is 8.71. The van der Waals surface area contributed by atoms with Crippen LogP contribution in [0.1, 0.15) is 12.5 Å². The first kappa shape index (κ1) is 15.0. The van der Waals surface area contributed by atoms with E-state index in [9.17, 15) is 22.8 Å². The van der Waals surface area contributed by atoms with E-state index in [-0.39, 0.29) is 0 Å². The molecule has 0 saturated heterocycles. The van der Waals surface area contributed by atoms with Gasteiger partial charge in [-0.25, -0.2) is 0 Å². The molecule has 0 bridgehead atoms. The van der Waals surface area contributed by atoms with Crippen molar-refractivity contribution in [3.05, 3.63) is 29.8 Å². The van der Waals surface area contributed by atoms with Crippen molar-refractivity contribution >= 4 is 17.5 Å². The van der Waals surface area contributed by atoms with E-state index in [2.05, 4.69) is 5.32 Å². The number of halogens is 3. The van der Waals surface area contributed by atoms with Gasteiger partial charge in [-0.05, 0) is 25.5 Å². The lowest BCUT2D eigenvalue weighted by molar-refractivity contribution is -0.174. The number of alkyl halides is 3. The fraction of sp³-hybridized carbons (Fsp3) is 0.333. The minimum absolute atomic E-state index is 0.487. The molecular formula is C12H13F3N2O2. The maximum absolute atomic E-state index is 12.0. The number of hydrogen-bond acceptors (Lipinski definition) is 2. The van der Waals surface area contributed by atoms with E-state index in [4.69, 9.17) is 0 Å². The van der Waals surface area contributed by atoms with E-state index in [1.54, 1.807) is 36.5 Å². The van der Waals surface area contributed by atoms with Crippen LogP contribution in [0.2, 0.25) is 0 Å². The molecule has 1 rings (SSSR count). The quantitative estimate of drug-likeness (QED) is 0.885. The van der Waals surface area contributed by atoms with E-state index in [0.717, 1.165) is 5.56 Å². The van der Waals surface area contributed by atoms with Crippen LogP contribution >= 0.6 is 0 Å². The second-order valence-corrected chi connectivity index (χ2v) is 4.00. The number of carbonyl (C=O) groups is 2. The molecular weight excluding hydrogens is 261 g/mol. The minimum Gasteiger partial charge on any atom is -0.337 e. The van der Waals surface area contributed by atoms with Gasteiger partial charge in [-0.2, -0.15) is 13.2 Å². The van der Waals surface area contributed by atoms with Crippen molar-refractivity contribution in [2.24, 2.45) is 0 Å². The summed E-state index contributed by atoms with van der Waals surface area (Å²) in [6.45, 7) is 2.92. The Hall–Kier alpha value is -2.05. The summed E-state index contributed by atoms with van der Waals surface area (Å²) in [4.78, 5) is 22.3. The van der Waals surface area contributed by atoms with Crippen molar-refractivity contribution in [1.29, 1.82) is 0 Å². The predicted octanol–water partition coefficient (Wildman–Crippen LogP) is 2.00. The van der Waals surface area contributed by atoms with Crippen LogP contribution in [0.3, 0.4) is 0 Å². The van der Waals surface area contributed by atoms with Gasteiger partial charge in [0, 0.05) is 5.69 Å². The first-order valence-corrected chi connectivity index (χ1v) is 5.46. The smallest absolute Gasteiger partial charge is 0.337 e. The minimum atomic E-state index is -5.00. The molecule has 0 aliphatic carbocycles. The van der Waals surface area contributed by atoms with Crippen molar-refractivity contribution in [1.82, 2.24) is 5.32 Å². The van der Waals surface area contributed by atoms with Gasteiger partial charge >= 0.3 is 12.1 Å². The number of benzene rings is 1. The lowest BCUT2D eigenvalue weighted by atomic mass is 10.2. The summed E-state index contributed by atoms with van der Waals surface area (Å²) in [7, 11) is 0. The number of hydrogen-bond donors (Lipinski definition) is 2. The zero-order valence-electron chi connectivity index (χ0n) is 10.3. The molecule has 2 amide bonds. The molecule has 0 radical (unpaired) electrons. The normalized spacial score (nSPS) is 12.7. The Balaban J connectivity index is 2.64. The molecule has 1 aromatic carbocycles. The van der Waals surface area contributed by atoms with Gasteiger partial charge in [-0.3, -0.25) is 9.59 Å². The van der Waals surface area contributed by atoms with Crippen LogP contribution < -0.4 is 10.6 Å². The highest BCUT2D eigenvalue weighted by Crippen LogP contribution is 2.15. The second-order valence-electron chi connectivity index (χ2n) is 4.00. The van der Waals surface area contributed by atoms with Crippen LogP contribution in [-0.4, -0.2) is 24.0 Å². The fourth-order valence-electron chi connectivity index (χ4n) is 1.30. The monoisotopic (exact) mass is 274 g/mol. The van der Waals surface area contributed by atoms with E-state index in [0.29, 0.717) is 5.69 Å². The Morgan fingerprint density at radius 1 is 1.21 bits per heavy atom. The molecule has 1 aromatic rings. The largest absolute Gasteiger partial charge is 0.471 e. The zero-order valence-corrected chi connectivity index (χ0v) is 10.3.